The van der Waals surface area contributed by atoms with E-state index in [1.54, 1.807) is 18.2 Å². The first kappa shape index (κ1) is 48.6. The van der Waals surface area contributed by atoms with Crippen molar-refractivity contribution in [2.24, 2.45) is 11.7 Å². The van der Waals surface area contributed by atoms with Gasteiger partial charge in [-0.05, 0) is 6.92 Å². The molecule has 0 saturated carbocycles. The van der Waals surface area contributed by atoms with Crippen LogP contribution in [0.25, 0.3) is 0 Å². The number of Topliss-reactive ketones (excluding diaryl/α,β-unsaturated/α-hetero) is 1. The van der Waals surface area contributed by atoms with Crippen molar-refractivity contribution in [3.05, 3.63) is 35.9 Å². The molecule has 23 heteroatoms. The molecule has 0 bridgehead atoms. The van der Waals surface area contributed by atoms with Gasteiger partial charge in [-0.2, -0.15) is 0 Å². The van der Waals surface area contributed by atoms with Crippen molar-refractivity contribution in [2.45, 2.75) is 142 Å². The number of ether oxygens (including phenoxy) is 8. The number of aliphatic hydroxyl groups excluding tert-OH is 12. The summed E-state index contributed by atoms with van der Waals surface area (Å²) in [7, 11) is 0. The lowest BCUT2D eigenvalue weighted by atomic mass is 9.89. The number of aliphatic hydroxyl groups is 12. The highest BCUT2D eigenvalue weighted by atomic mass is 16.8. The molecule has 342 valence electrons. The standard InChI is InChI=1S/C37H57NO22/c1-14-24(45)32(21(11-41)56-34(14)58-31-15(2)55-20(10-40)26(47)29(31)50)59-35-30(51)28(49)27(48)22(57-35)13-54-37(36(52)53-12-19(44)16-6-4-3-5-7-16)8-17(42)23(38)33(60-37)25(46)18(43)9-39/h3-7,14-15,17-18,20-35,39-43,45-51H,8-13,38H2,1-2H3/t14?,15?,17?,18?,20?,21?,22?,23?,24?,25?,26?,27?,28?,29?,30?,31?,32?,33-,34?,35?,37?/m0/s1. The molecule has 0 radical (unpaired) electrons. The molecule has 1 aromatic rings. The van der Waals surface area contributed by atoms with Crippen molar-refractivity contribution >= 4 is 11.8 Å². The van der Waals surface area contributed by atoms with Gasteiger partial charge in [-0.15, -0.1) is 0 Å². The lowest BCUT2D eigenvalue weighted by Crippen LogP contribution is -2.67. The number of hydrogen-bond acceptors (Lipinski definition) is 23. The van der Waals surface area contributed by atoms with E-state index in [4.69, 9.17) is 43.6 Å². The van der Waals surface area contributed by atoms with Gasteiger partial charge in [0.25, 0.3) is 5.79 Å². The number of hydrogen-bond donors (Lipinski definition) is 13. The third-order valence-electron chi connectivity index (χ3n) is 11.3. The summed E-state index contributed by atoms with van der Waals surface area (Å²) in [4.78, 5) is 26.6. The fourth-order valence-corrected chi connectivity index (χ4v) is 7.52. The van der Waals surface area contributed by atoms with Gasteiger partial charge < -0.3 is 105 Å². The summed E-state index contributed by atoms with van der Waals surface area (Å²) in [5, 5.41) is 126. The maximum Gasteiger partial charge on any atom is 0.367 e. The summed E-state index contributed by atoms with van der Waals surface area (Å²) in [6.07, 6.45) is -30.0. The van der Waals surface area contributed by atoms with Gasteiger partial charge in [0.15, 0.2) is 25.0 Å². The molecule has 5 rings (SSSR count). The summed E-state index contributed by atoms with van der Waals surface area (Å²) in [5.41, 5.74) is 6.21. The number of nitrogens with two attached hydrogens (primary N) is 1. The predicted molar refractivity (Wildman–Crippen MR) is 194 cm³/mol. The van der Waals surface area contributed by atoms with Gasteiger partial charge in [-0.1, -0.05) is 37.3 Å². The normalized spacial score (nSPS) is 43.5. The minimum atomic E-state index is -2.75. The van der Waals surface area contributed by atoms with E-state index >= 15 is 0 Å². The average Bonchev–Trinajstić information content (AvgIpc) is 3.25. The van der Waals surface area contributed by atoms with Crippen LogP contribution in [-0.4, -0.2) is 228 Å². The first-order valence-electron chi connectivity index (χ1n) is 19.4. The van der Waals surface area contributed by atoms with E-state index in [9.17, 15) is 70.9 Å². The van der Waals surface area contributed by atoms with E-state index in [2.05, 4.69) is 0 Å². The highest BCUT2D eigenvalue weighted by molar-refractivity contribution is 5.98. The molecule has 4 heterocycles. The Labute approximate surface area is 343 Å². The van der Waals surface area contributed by atoms with E-state index in [0.29, 0.717) is 0 Å². The van der Waals surface area contributed by atoms with Gasteiger partial charge >= 0.3 is 5.97 Å². The summed E-state index contributed by atoms with van der Waals surface area (Å²) in [5.74, 6) is -5.85. The predicted octanol–water partition coefficient (Wildman–Crippen LogP) is -6.89. The molecule has 20 unspecified atom stereocenters. The molecule has 4 aliphatic heterocycles. The third kappa shape index (κ3) is 10.3. The second kappa shape index (κ2) is 20.8. The van der Waals surface area contributed by atoms with Crippen LogP contribution in [0, 0.1) is 5.92 Å². The second-order valence-electron chi connectivity index (χ2n) is 15.4. The molecule has 14 N–H and O–H groups in total. The van der Waals surface area contributed by atoms with Crippen LogP contribution in [0.3, 0.4) is 0 Å². The molecule has 0 aromatic heterocycles. The number of benzene rings is 1. The van der Waals surface area contributed by atoms with Crippen LogP contribution in [0.5, 0.6) is 0 Å². The quantitative estimate of drug-likeness (QED) is 0.0542. The van der Waals surface area contributed by atoms with Crippen LogP contribution in [0.2, 0.25) is 0 Å². The number of esters is 1. The molecule has 0 aliphatic carbocycles. The van der Waals surface area contributed by atoms with Gasteiger partial charge in [0.05, 0.1) is 50.8 Å². The average molecular weight is 868 g/mol. The minimum Gasteiger partial charge on any atom is -0.453 e. The molecule has 4 saturated heterocycles. The number of carbonyl (C=O) groups is 2. The Balaban J connectivity index is 1.32. The lowest BCUT2D eigenvalue weighted by molar-refractivity contribution is -0.370. The molecule has 21 atom stereocenters. The monoisotopic (exact) mass is 867 g/mol. The summed E-state index contributed by atoms with van der Waals surface area (Å²) in [6, 6.07) is 6.22. The number of ketones is 1. The summed E-state index contributed by atoms with van der Waals surface area (Å²) in [6.45, 7) is -1.22. The van der Waals surface area contributed by atoms with Crippen LogP contribution >= 0.6 is 0 Å². The molecular weight excluding hydrogens is 810 g/mol. The van der Waals surface area contributed by atoms with Crippen molar-refractivity contribution < 1.29 is 109 Å². The van der Waals surface area contributed by atoms with Crippen molar-refractivity contribution in [2.75, 3.05) is 33.0 Å². The van der Waals surface area contributed by atoms with Crippen LogP contribution in [-0.2, 0) is 42.7 Å². The highest BCUT2D eigenvalue weighted by Crippen LogP contribution is 2.37. The summed E-state index contributed by atoms with van der Waals surface area (Å²) < 4.78 is 45.8. The van der Waals surface area contributed by atoms with Crippen LogP contribution in [0.4, 0.5) is 0 Å². The highest BCUT2D eigenvalue weighted by Gasteiger charge is 2.57. The zero-order valence-corrected chi connectivity index (χ0v) is 32.7. The van der Waals surface area contributed by atoms with Crippen molar-refractivity contribution in [1.29, 1.82) is 0 Å². The van der Waals surface area contributed by atoms with Crippen LogP contribution < -0.4 is 5.73 Å². The Morgan fingerprint density at radius 3 is 2.03 bits per heavy atom. The fraction of sp³-hybridized carbons (Fsp3) is 0.784. The van der Waals surface area contributed by atoms with Crippen molar-refractivity contribution in [3.63, 3.8) is 0 Å². The first-order chi connectivity index (χ1) is 28.4. The zero-order valence-electron chi connectivity index (χ0n) is 32.7. The molecule has 0 amide bonds. The molecule has 4 fully saturated rings. The number of carbonyl (C=O) groups excluding carboxylic acids is 2. The Hall–Kier alpha value is -2.44. The Kier molecular flexibility index (Phi) is 16.9. The van der Waals surface area contributed by atoms with Crippen LogP contribution in [0.15, 0.2) is 30.3 Å². The Morgan fingerprint density at radius 1 is 0.783 bits per heavy atom. The first-order valence-corrected chi connectivity index (χ1v) is 19.4. The Morgan fingerprint density at radius 2 is 1.40 bits per heavy atom. The van der Waals surface area contributed by atoms with Gasteiger partial charge in [0, 0.05) is 17.9 Å². The molecule has 23 nitrogen and oxygen atoms in total. The van der Waals surface area contributed by atoms with E-state index in [1.807, 2.05) is 0 Å². The zero-order chi connectivity index (χ0) is 44.2. The van der Waals surface area contributed by atoms with E-state index in [1.165, 1.54) is 26.0 Å². The minimum absolute atomic E-state index is 0.168. The number of rotatable bonds is 16. The maximum atomic E-state index is 13.8. The maximum absolute atomic E-state index is 13.8. The van der Waals surface area contributed by atoms with Gasteiger partial charge in [0.1, 0.15) is 79.4 Å². The van der Waals surface area contributed by atoms with Crippen molar-refractivity contribution in [3.8, 4) is 0 Å². The van der Waals surface area contributed by atoms with Gasteiger partial charge in [-0.3, -0.25) is 4.79 Å². The van der Waals surface area contributed by atoms with E-state index in [0.717, 1.165) is 0 Å². The van der Waals surface area contributed by atoms with Gasteiger partial charge in [-0.25, -0.2) is 4.79 Å². The van der Waals surface area contributed by atoms with E-state index in [-0.39, 0.29) is 5.56 Å². The smallest absolute Gasteiger partial charge is 0.367 e. The molecular formula is C37H57NO22. The second-order valence-corrected chi connectivity index (χ2v) is 15.4. The molecule has 4 aliphatic rings. The van der Waals surface area contributed by atoms with E-state index < -0.39 is 179 Å². The van der Waals surface area contributed by atoms with Crippen LogP contribution in [0.1, 0.15) is 30.6 Å². The third-order valence-corrected chi connectivity index (χ3v) is 11.3. The molecule has 1 aromatic carbocycles. The van der Waals surface area contributed by atoms with Crippen molar-refractivity contribution in [1.82, 2.24) is 0 Å². The largest absolute Gasteiger partial charge is 0.453 e. The Bertz CT molecular complexity index is 1530. The molecule has 60 heavy (non-hydrogen) atoms. The molecule has 0 spiro atoms. The van der Waals surface area contributed by atoms with Gasteiger partial charge in [0.2, 0.25) is 0 Å². The summed E-state index contributed by atoms with van der Waals surface area (Å²) >= 11 is 0. The lowest BCUT2D eigenvalue weighted by Gasteiger charge is -2.49. The SMILES string of the molecule is CC1OC(CO)C(O)C(O)C1OC1OC(CO)C(OC2OC(COC3(C(=O)OCC(=O)c4ccccc4)CC(O)C(N)[C@@H](C(O)C(O)CO)O3)C(O)C(O)C2O)C(O)C1C. The fourth-order valence-electron chi connectivity index (χ4n) is 7.52. The topological polar surface area (TPSA) is 377 Å².